The first kappa shape index (κ1) is 10.6. The topological polar surface area (TPSA) is 27.7 Å². The molecule has 1 aliphatic rings. The van der Waals surface area contributed by atoms with Gasteiger partial charge in [0.1, 0.15) is 6.10 Å². The van der Waals surface area contributed by atoms with Crippen LogP contribution in [-0.4, -0.2) is 32.7 Å². The number of rotatable bonds is 4. The Morgan fingerprint density at radius 1 is 1.33 bits per heavy atom. The fourth-order valence-corrected chi connectivity index (χ4v) is 1.69. The van der Waals surface area contributed by atoms with Crippen LogP contribution < -0.4 is 0 Å². The molecular formula is C12H16O3. The molecule has 0 bridgehead atoms. The Kier molecular flexibility index (Phi) is 3.72. The van der Waals surface area contributed by atoms with Crippen LogP contribution >= 0.6 is 0 Å². The van der Waals surface area contributed by atoms with Crippen molar-refractivity contribution < 1.29 is 14.2 Å². The molecule has 2 rings (SSSR count). The van der Waals surface area contributed by atoms with Crippen molar-refractivity contribution in [1.29, 1.82) is 0 Å². The molecule has 0 amide bonds. The summed E-state index contributed by atoms with van der Waals surface area (Å²) in [7, 11) is 1.67. The molecule has 1 heterocycles. The van der Waals surface area contributed by atoms with E-state index in [0.717, 1.165) is 6.42 Å². The SMILES string of the molecule is COC[C@H]1CO[C@H](Cc2ccccc2)O1. The molecule has 1 aromatic carbocycles. The van der Waals surface area contributed by atoms with Gasteiger partial charge in [-0.1, -0.05) is 30.3 Å². The van der Waals surface area contributed by atoms with E-state index in [9.17, 15) is 0 Å². The van der Waals surface area contributed by atoms with Crippen LogP contribution in [-0.2, 0) is 20.6 Å². The van der Waals surface area contributed by atoms with Crippen molar-refractivity contribution >= 4 is 0 Å². The zero-order valence-corrected chi connectivity index (χ0v) is 8.89. The van der Waals surface area contributed by atoms with E-state index in [4.69, 9.17) is 14.2 Å². The molecule has 0 radical (unpaired) electrons. The van der Waals surface area contributed by atoms with Gasteiger partial charge in [-0.15, -0.1) is 0 Å². The molecule has 0 unspecified atom stereocenters. The molecule has 1 aromatic rings. The average molecular weight is 208 g/mol. The average Bonchev–Trinajstić information content (AvgIpc) is 2.68. The molecule has 3 nitrogen and oxygen atoms in total. The highest BCUT2D eigenvalue weighted by Crippen LogP contribution is 2.16. The van der Waals surface area contributed by atoms with Crippen LogP contribution in [0, 0.1) is 0 Å². The van der Waals surface area contributed by atoms with Gasteiger partial charge in [0.25, 0.3) is 0 Å². The lowest BCUT2D eigenvalue weighted by Gasteiger charge is -2.10. The fraction of sp³-hybridized carbons (Fsp3) is 0.500. The first-order chi connectivity index (χ1) is 7.38. The number of hydrogen-bond donors (Lipinski definition) is 0. The van der Waals surface area contributed by atoms with Crippen molar-refractivity contribution in [3.63, 3.8) is 0 Å². The minimum Gasteiger partial charge on any atom is -0.382 e. The monoisotopic (exact) mass is 208 g/mol. The molecule has 15 heavy (non-hydrogen) atoms. The third kappa shape index (κ3) is 3.02. The van der Waals surface area contributed by atoms with Crippen molar-refractivity contribution in [1.82, 2.24) is 0 Å². The van der Waals surface area contributed by atoms with E-state index in [2.05, 4.69) is 12.1 Å². The number of methoxy groups -OCH3 is 1. The van der Waals surface area contributed by atoms with Crippen molar-refractivity contribution in [2.24, 2.45) is 0 Å². The lowest BCUT2D eigenvalue weighted by atomic mass is 10.1. The van der Waals surface area contributed by atoms with E-state index >= 15 is 0 Å². The third-order valence-electron chi connectivity index (χ3n) is 2.41. The van der Waals surface area contributed by atoms with Crippen molar-refractivity contribution in [3.05, 3.63) is 35.9 Å². The Labute approximate surface area is 90.0 Å². The normalized spacial score (nSPS) is 25.7. The summed E-state index contributed by atoms with van der Waals surface area (Å²) in [5, 5.41) is 0. The van der Waals surface area contributed by atoms with Crippen LogP contribution in [0.4, 0.5) is 0 Å². The Morgan fingerprint density at radius 3 is 2.87 bits per heavy atom. The fourth-order valence-electron chi connectivity index (χ4n) is 1.69. The molecule has 2 atom stereocenters. The highest BCUT2D eigenvalue weighted by molar-refractivity contribution is 5.15. The maximum atomic E-state index is 5.66. The summed E-state index contributed by atoms with van der Waals surface area (Å²) < 4.78 is 16.2. The van der Waals surface area contributed by atoms with Gasteiger partial charge < -0.3 is 14.2 Å². The molecule has 0 saturated carbocycles. The summed E-state index contributed by atoms with van der Waals surface area (Å²) in [6.45, 7) is 1.23. The van der Waals surface area contributed by atoms with Gasteiger partial charge in [-0.2, -0.15) is 0 Å². The second-order valence-electron chi connectivity index (χ2n) is 3.67. The predicted octanol–water partition coefficient (Wildman–Crippen LogP) is 1.62. The van der Waals surface area contributed by atoms with Crippen LogP contribution in [0.3, 0.4) is 0 Å². The molecule has 3 heteroatoms. The molecule has 0 N–H and O–H groups in total. The van der Waals surface area contributed by atoms with Gasteiger partial charge in [0.2, 0.25) is 0 Å². The first-order valence-electron chi connectivity index (χ1n) is 5.18. The quantitative estimate of drug-likeness (QED) is 0.752. The Bertz CT molecular complexity index is 286. The Hall–Kier alpha value is -0.900. The zero-order chi connectivity index (χ0) is 10.5. The predicted molar refractivity (Wildman–Crippen MR) is 56.6 cm³/mol. The van der Waals surface area contributed by atoms with E-state index < -0.39 is 0 Å². The molecule has 0 aliphatic carbocycles. The van der Waals surface area contributed by atoms with Gasteiger partial charge in [0.15, 0.2) is 6.29 Å². The van der Waals surface area contributed by atoms with Crippen LogP contribution in [0.5, 0.6) is 0 Å². The lowest BCUT2D eigenvalue weighted by molar-refractivity contribution is -0.0662. The molecular weight excluding hydrogens is 192 g/mol. The van der Waals surface area contributed by atoms with Crippen LogP contribution in [0.2, 0.25) is 0 Å². The van der Waals surface area contributed by atoms with Crippen LogP contribution in [0.1, 0.15) is 5.56 Å². The second-order valence-corrected chi connectivity index (χ2v) is 3.67. The molecule has 1 aliphatic heterocycles. The number of benzene rings is 1. The maximum absolute atomic E-state index is 5.66. The van der Waals surface area contributed by atoms with E-state index in [-0.39, 0.29) is 12.4 Å². The highest BCUT2D eigenvalue weighted by Gasteiger charge is 2.25. The molecule has 82 valence electrons. The summed E-state index contributed by atoms with van der Waals surface area (Å²) in [5.74, 6) is 0. The summed E-state index contributed by atoms with van der Waals surface area (Å²) in [4.78, 5) is 0. The standard InChI is InChI=1S/C12H16O3/c1-13-8-11-9-14-12(15-11)7-10-5-3-2-4-6-10/h2-6,11-12H,7-9H2,1H3/t11-,12-/m0/s1. The molecule has 0 spiro atoms. The van der Waals surface area contributed by atoms with E-state index in [1.807, 2.05) is 18.2 Å². The largest absolute Gasteiger partial charge is 0.382 e. The van der Waals surface area contributed by atoms with Gasteiger partial charge in [-0.3, -0.25) is 0 Å². The Morgan fingerprint density at radius 2 is 2.13 bits per heavy atom. The summed E-state index contributed by atoms with van der Waals surface area (Å²) >= 11 is 0. The first-order valence-corrected chi connectivity index (χ1v) is 5.18. The van der Waals surface area contributed by atoms with Crippen LogP contribution in [0.25, 0.3) is 0 Å². The lowest BCUT2D eigenvalue weighted by Crippen LogP contribution is -2.18. The highest BCUT2D eigenvalue weighted by atomic mass is 16.7. The third-order valence-corrected chi connectivity index (χ3v) is 2.41. The van der Waals surface area contributed by atoms with E-state index in [1.165, 1.54) is 5.56 Å². The van der Waals surface area contributed by atoms with Gasteiger partial charge in [-0.25, -0.2) is 0 Å². The summed E-state index contributed by atoms with van der Waals surface area (Å²) in [6.07, 6.45) is 0.775. The molecule has 0 aromatic heterocycles. The van der Waals surface area contributed by atoms with Gasteiger partial charge >= 0.3 is 0 Å². The van der Waals surface area contributed by atoms with Crippen molar-refractivity contribution in [2.45, 2.75) is 18.8 Å². The minimum atomic E-state index is -0.118. The van der Waals surface area contributed by atoms with Gasteiger partial charge in [-0.05, 0) is 5.56 Å². The van der Waals surface area contributed by atoms with Gasteiger partial charge in [0, 0.05) is 13.5 Å². The minimum absolute atomic E-state index is 0.0868. The second kappa shape index (κ2) is 5.26. The number of hydrogen-bond acceptors (Lipinski definition) is 3. The Balaban J connectivity index is 1.82. The summed E-state index contributed by atoms with van der Waals surface area (Å²) in [5.41, 5.74) is 1.24. The summed E-state index contributed by atoms with van der Waals surface area (Å²) in [6, 6.07) is 10.2. The van der Waals surface area contributed by atoms with Crippen LogP contribution in [0.15, 0.2) is 30.3 Å². The van der Waals surface area contributed by atoms with Gasteiger partial charge in [0.05, 0.1) is 13.2 Å². The number of ether oxygens (including phenoxy) is 3. The molecule has 1 fully saturated rings. The smallest absolute Gasteiger partial charge is 0.162 e. The van der Waals surface area contributed by atoms with E-state index in [1.54, 1.807) is 7.11 Å². The maximum Gasteiger partial charge on any atom is 0.162 e. The van der Waals surface area contributed by atoms with E-state index in [0.29, 0.717) is 13.2 Å². The zero-order valence-electron chi connectivity index (χ0n) is 8.89. The molecule has 1 saturated heterocycles. The van der Waals surface area contributed by atoms with Crippen molar-refractivity contribution in [2.75, 3.05) is 20.3 Å². The van der Waals surface area contributed by atoms with Crippen molar-refractivity contribution in [3.8, 4) is 0 Å².